The second-order valence-corrected chi connectivity index (χ2v) is 13.9. The van der Waals surface area contributed by atoms with Crippen molar-refractivity contribution in [2.45, 2.75) is 114 Å². The van der Waals surface area contributed by atoms with Gasteiger partial charge in [0.25, 0.3) is 0 Å². The van der Waals surface area contributed by atoms with E-state index in [1.54, 1.807) is 0 Å². The third kappa shape index (κ3) is 4.79. The molecule has 0 amide bonds. The number of allylic oxidation sites excluding steroid dienone is 5. The van der Waals surface area contributed by atoms with Gasteiger partial charge in [-0.2, -0.15) is 0 Å². The molecule has 0 saturated heterocycles. The van der Waals surface area contributed by atoms with E-state index in [0.29, 0.717) is 17.3 Å². The highest BCUT2D eigenvalue weighted by Gasteiger charge is 2.57. The van der Waals surface area contributed by atoms with Crippen molar-refractivity contribution < 1.29 is 0 Å². The molecule has 4 rings (SSSR count). The molecular formula is C30H46Cl2. The lowest BCUT2D eigenvalue weighted by atomic mass is 9.60. The highest BCUT2D eigenvalue weighted by molar-refractivity contribution is 6.49. The van der Waals surface area contributed by atoms with Crippen LogP contribution in [-0.4, -0.2) is 4.33 Å². The van der Waals surface area contributed by atoms with Crippen LogP contribution < -0.4 is 0 Å². The molecule has 0 aromatic carbocycles. The highest BCUT2D eigenvalue weighted by Crippen LogP contribution is 2.64. The summed E-state index contributed by atoms with van der Waals surface area (Å²) in [7, 11) is 0. The maximum absolute atomic E-state index is 7.53. The topological polar surface area (TPSA) is 0 Å². The lowest BCUT2D eigenvalue weighted by molar-refractivity contribution is 0.0703. The average Bonchev–Trinajstić information content (AvgIpc) is 3.31. The van der Waals surface area contributed by atoms with Crippen LogP contribution in [-0.2, 0) is 0 Å². The number of unbranched alkanes of at least 4 members (excludes halogenated alkanes) is 1. The molecule has 180 valence electrons. The Morgan fingerprint density at radius 2 is 1.88 bits per heavy atom. The third-order valence-corrected chi connectivity index (χ3v) is 11.3. The van der Waals surface area contributed by atoms with Crippen LogP contribution >= 0.6 is 23.2 Å². The molecule has 0 nitrogen and oxygen atoms in total. The number of fused-ring (bicyclic) bond motifs is 1. The molecule has 0 aliphatic heterocycles. The number of alkyl halides is 2. The monoisotopic (exact) mass is 476 g/mol. The van der Waals surface area contributed by atoms with Gasteiger partial charge in [-0.05, 0) is 86.4 Å². The number of hydrogen-bond acceptors (Lipinski definition) is 0. The standard InChI is InChI=1S/C30H46Cl2/c1-4-6-12-24-14-19-28(21-24)17-10-7-9-16-27(3,22-28)30(31,32)23-29-18-11-8-13-26(29)25(5-2)15-20-29/h5,8,11,13,18,24-26H,2,4,6-7,9-10,12,14-17,19-23H2,1,3H3. The fourth-order valence-corrected chi connectivity index (χ4v) is 9.11. The minimum atomic E-state index is -0.692. The SMILES string of the molecule is C=CC1CCC2(CC(Cl)(Cl)C3(C)CCCCCC4(CCC(CCCC)C4)C3)C=CC=CC12. The molecule has 1 spiro atoms. The van der Waals surface area contributed by atoms with Gasteiger partial charge in [0.2, 0.25) is 0 Å². The molecule has 0 bridgehead atoms. The van der Waals surface area contributed by atoms with E-state index < -0.39 is 4.33 Å². The molecule has 2 heteroatoms. The molecule has 32 heavy (non-hydrogen) atoms. The summed E-state index contributed by atoms with van der Waals surface area (Å²) in [6.07, 6.45) is 30.9. The largest absolute Gasteiger partial charge is 0.124 e. The fourth-order valence-electron chi connectivity index (χ4n) is 8.29. The summed E-state index contributed by atoms with van der Waals surface area (Å²) in [5.74, 6) is 1.97. The van der Waals surface area contributed by atoms with E-state index in [2.05, 4.69) is 50.8 Å². The quantitative estimate of drug-likeness (QED) is 0.253. The van der Waals surface area contributed by atoms with E-state index in [9.17, 15) is 0 Å². The summed E-state index contributed by atoms with van der Waals surface area (Å²) >= 11 is 15.1. The summed E-state index contributed by atoms with van der Waals surface area (Å²) in [4.78, 5) is 0. The molecule has 0 N–H and O–H groups in total. The van der Waals surface area contributed by atoms with Gasteiger partial charge in [-0.1, -0.05) is 82.8 Å². The lowest BCUT2D eigenvalue weighted by Crippen LogP contribution is -2.46. The van der Waals surface area contributed by atoms with Gasteiger partial charge in [0.1, 0.15) is 4.33 Å². The van der Waals surface area contributed by atoms with Crippen LogP contribution in [0.2, 0.25) is 0 Å². The van der Waals surface area contributed by atoms with Crippen LogP contribution in [0.5, 0.6) is 0 Å². The van der Waals surface area contributed by atoms with Crippen molar-refractivity contribution in [3.05, 3.63) is 37.0 Å². The van der Waals surface area contributed by atoms with E-state index in [4.69, 9.17) is 23.2 Å². The summed E-state index contributed by atoms with van der Waals surface area (Å²) in [5.41, 5.74) is 0.549. The van der Waals surface area contributed by atoms with Crippen LogP contribution in [0.3, 0.4) is 0 Å². The molecule has 3 fully saturated rings. The molecule has 6 atom stereocenters. The molecule has 0 aromatic rings. The Labute approximate surface area is 208 Å². The number of rotatable bonds is 7. The van der Waals surface area contributed by atoms with Gasteiger partial charge in [-0.25, -0.2) is 0 Å². The van der Waals surface area contributed by atoms with E-state index in [1.165, 1.54) is 89.9 Å². The van der Waals surface area contributed by atoms with Gasteiger partial charge in [-0.15, -0.1) is 29.8 Å². The predicted octanol–water partition coefficient (Wildman–Crippen LogP) is 10.2. The second kappa shape index (κ2) is 9.81. The Bertz CT molecular complexity index is 720. The Morgan fingerprint density at radius 3 is 2.66 bits per heavy atom. The Morgan fingerprint density at radius 1 is 1.06 bits per heavy atom. The second-order valence-electron chi connectivity index (χ2n) is 12.4. The predicted molar refractivity (Wildman–Crippen MR) is 141 cm³/mol. The van der Waals surface area contributed by atoms with Crippen molar-refractivity contribution in [1.82, 2.24) is 0 Å². The van der Waals surface area contributed by atoms with Gasteiger partial charge in [0.05, 0.1) is 0 Å². The van der Waals surface area contributed by atoms with Crippen LogP contribution in [0.15, 0.2) is 37.0 Å². The zero-order valence-electron chi connectivity index (χ0n) is 20.7. The van der Waals surface area contributed by atoms with Crippen molar-refractivity contribution in [3.8, 4) is 0 Å². The van der Waals surface area contributed by atoms with Gasteiger partial charge in [-0.3, -0.25) is 0 Å². The minimum absolute atomic E-state index is 0.0171. The molecule has 0 radical (unpaired) electrons. The van der Waals surface area contributed by atoms with Crippen LogP contribution in [0.25, 0.3) is 0 Å². The van der Waals surface area contributed by atoms with Crippen molar-refractivity contribution in [2.75, 3.05) is 0 Å². The lowest BCUT2D eigenvalue weighted by Gasteiger charge is -2.51. The summed E-state index contributed by atoms with van der Waals surface area (Å²) in [5, 5.41) is 0. The summed E-state index contributed by atoms with van der Waals surface area (Å²) in [6.45, 7) is 8.92. The first-order chi connectivity index (χ1) is 15.3. The summed E-state index contributed by atoms with van der Waals surface area (Å²) < 4.78 is -0.692. The molecule has 0 heterocycles. The van der Waals surface area contributed by atoms with Crippen molar-refractivity contribution in [2.24, 2.45) is 34.0 Å². The van der Waals surface area contributed by atoms with Gasteiger partial charge < -0.3 is 0 Å². The van der Waals surface area contributed by atoms with Gasteiger partial charge in [0.15, 0.2) is 0 Å². The zero-order valence-corrected chi connectivity index (χ0v) is 22.2. The zero-order chi connectivity index (χ0) is 22.9. The minimum Gasteiger partial charge on any atom is -0.103 e. The molecule has 3 saturated carbocycles. The molecular weight excluding hydrogens is 431 g/mol. The first-order valence-electron chi connectivity index (χ1n) is 13.6. The highest BCUT2D eigenvalue weighted by atomic mass is 35.5. The van der Waals surface area contributed by atoms with Crippen molar-refractivity contribution in [1.29, 1.82) is 0 Å². The van der Waals surface area contributed by atoms with Gasteiger partial charge >= 0.3 is 0 Å². The van der Waals surface area contributed by atoms with E-state index in [-0.39, 0.29) is 10.8 Å². The number of halogens is 2. The van der Waals surface area contributed by atoms with Gasteiger partial charge in [0, 0.05) is 5.41 Å². The Hall–Kier alpha value is -0.200. The van der Waals surface area contributed by atoms with E-state index in [1.807, 2.05) is 0 Å². The molecule has 0 aromatic heterocycles. The molecule has 4 aliphatic rings. The van der Waals surface area contributed by atoms with Crippen LogP contribution in [0.1, 0.15) is 110 Å². The number of hydrogen-bond donors (Lipinski definition) is 0. The van der Waals surface area contributed by atoms with E-state index in [0.717, 1.165) is 12.3 Å². The third-order valence-electron chi connectivity index (χ3n) is 10.1. The maximum Gasteiger partial charge on any atom is 0.124 e. The van der Waals surface area contributed by atoms with E-state index >= 15 is 0 Å². The Kier molecular flexibility index (Phi) is 7.64. The molecule has 6 unspecified atom stereocenters. The Balaban J connectivity index is 1.56. The molecule has 4 aliphatic carbocycles. The van der Waals surface area contributed by atoms with Crippen molar-refractivity contribution >= 4 is 23.2 Å². The smallest absolute Gasteiger partial charge is 0.103 e. The van der Waals surface area contributed by atoms with Crippen LogP contribution in [0, 0.1) is 34.0 Å². The maximum atomic E-state index is 7.53. The summed E-state index contributed by atoms with van der Waals surface area (Å²) in [6, 6.07) is 0. The normalized spacial score (nSPS) is 42.1. The van der Waals surface area contributed by atoms with Crippen molar-refractivity contribution in [3.63, 3.8) is 0 Å². The average molecular weight is 478 g/mol. The first-order valence-corrected chi connectivity index (χ1v) is 14.4. The van der Waals surface area contributed by atoms with Crippen LogP contribution in [0.4, 0.5) is 0 Å². The fraction of sp³-hybridized carbons (Fsp3) is 0.800. The first kappa shape index (κ1) is 24.9.